The number of amides is 2. The first kappa shape index (κ1) is 18.9. The maximum atomic E-state index is 12.0. The van der Waals surface area contributed by atoms with Crippen LogP contribution < -0.4 is 15.4 Å². The fourth-order valence-electron chi connectivity index (χ4n) is 1.98. The second-order valence-electron chi connectivity index (χ2n) is 5.06. The van der Waals surface area contributed by atoms with Gasteiger partial charge in [-0.3, -0.25) is 14.6 Å². The summed E-state index contributed by atoms with van der Waals surface area (Å²) in [5, 5.41) is 5.38. The quantitative estimate of drug-likeness (QED) is 0.444. The molecule has 136 valence electrons. The van der Waals surface area contributed by atoms with E-state index in [9.17, 15) is 14.4 Å². The Balaban J connectivity index is 1.74. The number of nitrogens with zero attached hydrogens (tertiary/aromatic N) is 1. The number of hydrogen-bond donors (Lipinski definition) is 2. The van der Waals surface area contributed by atoms with Gasteiger partial charge in [-0.25, -0.2) is 4.79 Å². The van der Waals surface area contributed by atoms with Crippen LogP contribution >= 0.6 is 0 Å². The average molecular weight is 357 g/mol. The van der Waals surface area contributed by atoms with Gasteiger partial charge < -0.3 is 20.1 Å². The summed E-state index contributed by atoms with van der Waals surface area (Å²) in [4.78, 5) is 38.9. The molecule has 26 heavy (non-hydrogen) atoms. The van der Waals surface area contributed by atoms with E-state index in [1.54, 1.807) is 19.1 Å². The smallest absolute Gasteiger partial charge is 0.434 e. The van der Waals surface area contributed by atoms with Gasteiger partial charge in [-0.1, -0.05) is 0 Å². The molecule has 0 atom stereocenters. The lowest BCUT2D eigenvalue weighted by molar-refractivity contribution is 0.0927. The molecule has 1 aromatic carbocycles. The molecule has 0 saturated heterocycles. The predicted molar refractivity (Wildman–Crippen MR) is 93.0 cm³/mol. The third kappa shape index (κ3) is 5.90. The summed E-state index contributed by atoms with van der Waals surface area (Å²) in [6.07, 6.45) is 2.27. The highest BCUT2D eigenvalue weighted by Gasteiger charge is 2.08. The van der Waals surface area contributed by atoms with Crippen LogP contribution in [0.15, 0.2) is 48.8 Å². The zero-order chi connectivity index (χ0) is 18.8. The molecule has 0 aliphatic heterocycles. The van der Waals surface area contributed by atoms with Crippen LogP contribution in [0.3, 0.4) is 0 Å². The number of hydrogen-bond acceptors (Lipinski definition) is 6. The first-order valence-corrected chi connectivity index (χ1v) is 8.01. The number of ether oxygens (including phenoxy) is 2. The van der Waals surface area contributed by atoms with E-state index in [-0.39, 0.29) is 37.3 Å². The molecule has 1 aromatic heterocycles. The van der Waals surface area contributed by atoms with Crippen molar-refractivity contribution in [2.75, 3.05) is 19.7 Å². The third-order valence-corrected chi connectivity index (χ3v) is 3.22. The zero-order valence-electron chi connectivity index (χ0n) is 14.2. The van der Waals surface area contributed by atoms with Crippen molar-refractivity contribution in [3.63, 3.8) is 0 Å². The van der Waals surface area contributed by atoms with Crippen molar-refractivity contribution < 1.29 is 23.9 Å². The third-order valence-electron chi connectivity index (χ3n) is 3.22. The van der Waals surface area contributed by atoms with Crippen molar-refractivity contribution >= 4 is 18.0 Å². The van der Waals surface area contributed by atoms with Crippen LogP contribution in [0.2, 0.25) is 0 Å². The fourth-order valence-corrected chi connectivity index (χ4v) is 1.98. The minimum Gasteiger partial charge on any atom is -0.434 e. The molecular weight excluding hydrogens is 338 g/mol. The van der Waals surface area contributed by atoms with Crippen molar-refractivity contribution in [1.82, 2.24) is 15.6 Å². The number of nitrogens with one attached hydrogen (secondary N) is 2. The Morgan fingerprint density at radius 2 is 1.42 bits per heavy atom. The Labute approximate surface area is 150 Å². The fraction of sp³-hybridized carbons (Fsp3) is 0.222. The Bertz CT molecular complexity index is 747. The van der Waals surface area contributed by atoms with Crippen LogP contribution in [0, 0.1) is 0 Å². The van der Waals surface area contributed by atoms with Gasteiger partial charge in [0.1, 0.15) is 5.75 Å². The van der Waals surface area contributed by atoms with Gasteiger partial charge in [0, 0.05) is 36.6 Å². The van der Waals surface area contributed by atoms with Crippen molar-refractivity contribution in [2.45, 2.75) is 6.92 Å². The number of rotatable bonds is 7. The molecule has 2 aromatic rings. The molecule has 2 amide bonds. The Hall–Kier alpha value is -3.42. The summed E-state index contributed by atoms with van der Waals surface area (Å²) in [7, 11) is 0. The summed E-state index contributed by atoms with van der Waals surface area (Å²) >= 11 is 0. The molecule has 8 heteroatoms. The highest BCUT2D eigenvalue weighted by Crippen LogP contribution is 2.12. The summed E-state index contributed by atoms with van der Waals surface area (Å²) in [6.45, 7) is 2.46. The topological polar surface area (TPSA) is 107 Å². The molecule has 2 rings (SSSR count). The van der Waals surface area contributed by atoms with Gasteiger partial charge in [0.2, 0.25) is 0 Å². The SMILES string of the molecule is CCOC(=O)Oc1ccc(C(=O)NCCNC(=O)c2ccncc2)cc1. The molecule has 0 saturated carbocycles. The molecule has 0 aliphatic carbocycles. The maximum Gasteiger partial charge on any atom is 0.513 e. The minimum atomic E-state index is -0.797. The van der Waals surface area contributed by atoms with Gasteiger partial charge in [0.05, 0.1) is 6.61 Å². The highest BCUT2D eigenvalue weighted by atomic mass is 16.7. The lowest BCUT2D eigenvalue weighted by Crippen LogP contribution is -2.34. The number of pyridine rings is 1. The van der Waals surface area contributed by atoms with Gasteiger partial charge in [-0.05, 0) is 43.3 Å². The highest BCUT2D eigenvalue weighted by molar-refractivity contribution is 5.95. The number of carbonyl (C=O) groups is 3. The molecule has 1 heterocycles. The Morgan fingerprint density at radius 3 is 1.96 bits per heavy atom. The minimum absolute atomic E-state index is 0.219. The van der Waals surface area contributed by atoms with Crippen LogP contribution in [-0.4, -0.2) is 42.7 Å². The van der Waals surface area contributed by atoms with Gasteiger partial charge in [0.25, 0.3) is 11.8 Å². The van der Waals surface area contributed by atoms with E-state index in [1.165, 1.54) is 36.7 Å². The number of benzene rings is 1. The normalized spacial score (nSPS) is 9.88. The van der Waals surface area contributed by atoms with Crippen molar-refractivity contribution in [1.29, 1.82) is 0 Å². The lowest BCUT2D eigenvalue weighted by Gasteiger charge is -2.08. The first-order chi connectivity index (χ1) is 12.6. The standard InChI is InChI=1S/C18H19N3O5/c1-2-25-18(24)26-15-5-3-13(4-6-15)16(22)20-11-12-21-17(23)14-7-9-19-10-8-14/h3-10H,2,11-12H2,1H3,(H,20,22)(H,21,23). The van der Waals surface area contributed by atoms with E-state index in [0.717, 1.165) is 0 Å². The van der Waals surface area contributed by atoms with Crippen LogP contribution in [0.1, 0.15) is 27.6 Å². The van der Waals surface area contributed by atoms with E-state index in [1.807, 2.05) is 0 Å². The first-order valence-electron chi connectivity index (χ1n) is 8.01. The second kappa shape index (κ2) is 9.77. The van der Waals surface area contributed by atoms with Gasteiger partial charge in [0.15, 0.2) is 0 Å². The molecule has 0 spiro atoms. The Kier molecular flexibility index (Phi) is 7.11. The molecular formula is C18H19N3O5. The van der Waals surface area contributed by atoms with Crippen LogP contribution in [0.5, 0.6) is 5.75 Å². The molecule has 0 radical (unpaired) electrons. The molecule has 8 nitrogen and oxygen atoms in total. The van der Waals surface area contributed by atoms with Crippen molar-refractivity contribution in [3.05, 3.63) is 59.9 Å². The average Bonchev–Trinajstić information content (AvgIpc) is 2.66. The molecule has 0 unspecified atom stereocenters. The van der Waals surface area contributed by atoms with Crippen molar-refractivity contribution in [2.24, 2.45) is 0 Å². The van der Waals surface area contributed by atoms with E-state index in [0.29, 0.717) is 11.1 Å². The van der Waals surface area contributed by atoms with E-state index >= 15 is 0 Å². The lowest BCUT2D eigenvalue weighted by atomic mass is 10.2. The van der Waals surface area contributed by atoms with Gasteiger partial charge >= 0.3 is 6.16 Å². The Morgan fingerprint density at radius 1 is 0.885 bits per heavy atom. The van der Waals surface area contributed by atoms with Gasteiger partial charge in [-0.2, -0.15) is 0 Å². The molecule has 0 bridgehead atoms. The summed E-state index contributed by atoms with van der Waals surface area (Å²) in [6, 6.07) is 9.26. The van der Waals surface area contributed by atoms with Crippen LogP contribution in [0.25, 0.3) is 0 Å². The number of carbonyl (C=O) groups excluding carboxylic acids is 3. The monoisotopic (exact) mass is 357 g/mol. The van der Waals surface area contributed by atoms with Gasteiger partial charge in [-0.15, -0.1) is 0 Å². The summed E-state index contributed by atoms with van der Waals surface area (Å²) in [5.74, 6) is -0.252. The van der Waals surface area contributed by atoms with E-state index < -0.39 is 6.16 Å². The van der Waals surface area contributed by atoms with Crippen LogP contribution in [-0.2, 0) is 4.74 Å². The summed E-state index contributed by atoms with van der Waals surface area (Å²) in [5.41, 5.74) is 0.908. The largest absolute Gasteiger partial charge is 0.513 e. The van der Waals surface area contributed by atoms with Crippen LogP contribution in [0.4, 0.5) is 4.79 Å². The molecule has 0 fully saturated rings. The number of aromatic nitrogens is 1. The van der Waals surface area contributed by atoms with E-state index in [4.69, 9.17) is 4.74 Å². The van der Waals surface area contributed by atoms with Crippen molar-refractivity contribution in [3.8, 4) is 5.75 Å². The van der Waals surface area contributed by atoms with E-state index in [2.05, 4.69) is 20.4 Å². The maximum absolute atomic E-state index is 12.0. The second-order valence-corrected chi connectivity index (χ2v) is 5.06. The molecule has 0 aliphatic rings. The summed E-state index contributed by atoms with van der Waals surface area (Å²) < 4.78 is 9.57. The molecule has 2 N–H and O–H groups in total. The zero-order valence-corrected chi connectivity index (χ0v) is 14.2. The predicted octanol–water partition coefficient (Wildman–Crippen LogP) is 1.78.